The summed E-state index contributed by atoms with van der Waals surface area (Å²) in [7, 11) is 1.65. The topological polar surface area (TPSA) is 81.4 Å². The third kappa shape index (κ3) is 4.63. The molecular weight excluding hydrogens is 426 g/mol. The van der Waals surface area contributed by atoms with Crippen molar-refractivity contribution in [3.05, 3.63) is 108 Å². The fraction of sp³-hybridized carbons (Fsp3) is 0.111. The second-order valence-electron chi connectivity index (χ2n) is 7.83. The largest absolute Gasteiger partial charge is 0.497 e. The molecule has 1 aliphatic heterocycles. The Bertz CT molecular complexity index is 1340. The number of rotatable bonds is 6. The van der Waals surface area contributed by atoms with Crippen molar-refractivity contribution in [3.63, 3.8) is 0 Å². The molecule has 1 atom stereocenters. The number of fused-ring (bicyclic) bond motifs is 1. The van der Waals surface area contributed by atoms with Crippen molar-refractivity contribution in [1.82, 2.24) is 14.8 Å². The minimum absolute atomic E-state index is 0.119. The number of ether oxygens (including phenoxy) is 1. The van der Waals surface area contributed by atoms with Gasteiger partial charge in [-0.15, -0.1) is 5.10 Å². The van der Waals surface area contributed by atoms with E-state index in [1.165, 1.54) is 6.08 Å². The number of anilines is 1. The first-order chi connectivity index (χ1) is 16.7. The van der Waals surface area contributed by atoms with Gasteiger partial charge in [-0.3, -0.25) is 10.1 Å². The van der Waals surface area contributed by atoms with Crippen molar-refractivity contribution < 1.29 is 9.53 Å². The normalized spacial score (nSPS) is 15.0. The Hall–Kier alpha value is -4.52. The van der Waals surface area contributed by atoms with Crippen LogP contribution in [-0.4, -0.2) is 33.5 Å². The third-order valence-electron chi connectivity index (χ3n) is 5.60. The van der Waals surface area contributed by atoms with Gasteiger partial charge in [0.05, 0.1) is 18.9 Å². The molecule has 5 rings (SSSR count). The summed E-state index contributed by atoms with van der Waals surface area (Å²) in [5.41, 5.74) is 3.94. The molecule has 1 N–H and O–H groups in total. The van der Waals surface area contributed by atoms with Crippen LogP contribution in [0.25, 0.3) is 6.08 Å². The van der Waals surface area contributed by atoms with Crippen LogP contribution in [0.2, 0.25) is 0 Å². The van der Waals surface area contributed by atoms with Crippen LogP contribution in [0, 0.1) is 0 Å². The lowest BCUT2D eigenvalue weighted by Crippen LogP contribution is -2.21. The minimum atomic E-state index is -0.306. The number of aliphatic imine (C=N–C) groups is 1. The summed E-state index contributed by atoms with van der Waals surface area (Å²) < 4.78 is 7.08. The molecule has 1 aliphatic rings. The number of nitrogens with zero attached hydrogens (tertiary/aromatic N) is 4. The average Bonchev–Trinajstić information content (AvgIpc) is 3.30. The number of carbonyl (C=O) groups is 1. The van der Waals surface area contributed by atoms with Crippen molar-refractivity contribution in [1.29, 1.82) is 0 Å². The molecule has 0 saturated carbocycles. The molecule has 7 heteroatoms. The molecule has 7 nitrogen and oxygen atoms in total. The number of aromatic nitrogens is 3. The molecule has 0 fully saturated rings. The Kier molecular flexibility index (Phi) is 5.99. The van der Waals surface area contributed by atoms with Crippen molar-refractivity contribution >= 4 is 29.6 Å². The highest BCUT2D eigenvalue weighted by atomic mass is 16.5. The molecule has 1 amide bonds. The van der Waals surface area contributed by atoms with E-state index >= 15 is 0 Å². The SMILES string of the molecule is COc1ccc(C2CC(c3ccccc3)=Nc3nc(NC(=O)/C=C/c4ccccc4)nn32)cc1. The number of carbonyl (C=O) groups excluding carboxylic acids is 1. The van der Waals surface area contributed by atoms with Gasteiger partial charge < -0.3 is 4.74 Å². The van der Waals surface area contributed by atoms with Crippen LogP contribution >= 0.6 is 0 Å². The van der Waals surface area contributed by atoms with Gasteiger partial charge in [-0.2, -0.15) is 4.98 Å². The van der Waals surface area contributed by atoms with Crippen LogP contribution in [0.4, 0.5) is 11.9 Å². The first-order valence-corrected chi connectivity index (χ1v) is 11.0. The van der Waals surface area contributed by atoms with Crippen LogP contribution in [0.3, 0.4) is 0 Å². The summed E-state index contributed by atoms with van der Waals surface area (Å²) in [5.74, 6) is 1.15. The monoisotopic (exact) mass is 449 g/mol. The average molecular weight is 450 g/mol. The van der Waals surface area contributed by atoms with Crippen molar-refractivity contribution in [2.75, 3.05) is 12.4 Å². The van der Waals surface area contributed by atoms with Crippen LogP contribution in [-0.2, 0) is 4.79 Å². The lowest BCUT2D eigenvalue weighted by molar-refractivity contribution is -0.111. The zero-order valence-electron chi connectivity index (χ0n) is 18.6. The van der Waals surface area contributed by atoms with E-state index in [4.69, 9.17) is 9.73 Å². The Labute approximate surface area is 197 Å². The van der Waals surface area contributed by atoms with Crippen molar-refractivity contribution in [2.24, 2.45) is 4.99 Å². The number of methoxy groups -OCH3 is 1. The van der Waals surface area contributed by atoms with Gasteiger partial charge in [-0.25, -0.2) is 9.67 Å². The van der Waals surface area contributed by atoms with Crippen LogP contribution in [0.1, 0.15) is 29.2 Å². The molecule has 3 aromatic carbocycles. The lowest BCUT2D eigenvalue weighted by Gasteiger charge is -2.23. The van der Waals surface area contributed by atoms with Gasteiger partial charge in [0.15, 0.2) is 0 Å². The quantitative estimate of drug-likeness (QED) is 0.418. The highest BCUT2D eigenvalue weighted by Gasteiger charge is 2.28. The van der Waals surface area contributed by atoms with Gasteiger partial charge in [0.1, 0.15) is 5.75 Å². The molecule has 1 aromatic heterocycles. The first kappa shape index (κ1) is 21.3. The minimum Gasteiger partial charge on any atom is -0.497 e. The Balaban J connectivity index is 1.45. The van der Waals surface area contributed by atoms with Gasteiger partial charge in [0, 0.05) is 12.5 Å². The molecule has 0 bridgehead atoms. The van der Waals surface area contributed by atoms with Crippen LogP contribution < -0.4 is 10.1 Å². The fourth-order valence-electron chi connectivity index (χ4n) is 3.88. The number of nitrogens with one attached hydrogen (secondary N) is 1. The third-order valence-corrected chi connectivity index (χ3v) is 5.60. The molecule has 0 radical (unpaired) electrons. The maximum Gasteiger partial charge on any atom is 0.250 e. The highest BCUT2D eigenvalue weighted by Crippen LogP contribution is 2.34. The summed E-state index contributed by atoms with van der Waals surface area (Å²) in [5, 5.41) is 7.33. The van der Waals surface area contributed by atoms with Gasteiger partial charge in [-0.1, -0.05) is 72.8 Å². The van der Waals surface area contributed by atoms with Crippen molar-refractivity contribution in [2.45, 2.75) is 12.5 Å². The number of amides is 1. The van der Waals surface area contributed by atoms with Gasteiger partial charge in [0.2, 0.25) is 0 Å². The molecule has 0 spiro atoms. The zero-order chi connectivity index (χ0) is 23.3. The Morgan fingerprint density at radius 1 is 1.00 bits per heavy atom. The zero-order valence-corrected chi connectivity index (χ0v) is 18.6. The van der Waals surface area contributed by atoms with E-state index in [0.29, 0.717) is 12.4 Å². The molecule has 0 aliphatic carbocycles. The van der Waals surface area contributed by atoms with Crippen LogP contribution in [0.5, 0.6) is 5.75 Å². The maximum absolute atomic E-state index is 12.5. The molecule has 168 valence electrons. The molecule has 1 unspecified atom stereocenters. The second-order valence-corrected chi connectivity index (χ2v) is 7.83. The van der Waals surface area contributed by atoms with Gasteiger partial charge in [0.25, 0.3) is 17.8 Å². The summed E-state index contributed by atoms with van der Waals surface area (Å²) in [4.78, 5) is 21.7. The molecule has 0 saturated heterocycles. The molecule has 34 heavy (non-hydrogen) atoms. The summed E-state index contributed by atoms with van der Waals surface area (Å²) in [6.45, 7) is 0. The maximum atomic E-state index is 12.5. The number of hydrogen-bond acceptors (Lipinski definition) is 5. The first-order valence-electron chi connectivity index (χ1n) is 11.0. The van der Waals surface area contributed by atoms with E-state index < -0.39 is 0 Å². The van der Waals surface area contributed by atoms with E-state index in [9.17, 15) is 4.79 Å². The predicted molar refractivity (Wildman–Crippen MR) is 133 cm³/mol. The smallest absolute Gasteiger partial charge is 0.250 e. The Morgan fingerprint density at radius 2 is 1.71 bits per heavy atom. The Morgan fingerprint density at radius 3 is 2.41 bits per heavy atom. The molecule has 2 heterocycles. The van der Waals surface area contributed by atoms with E-state index in [0.717, 1.165) is 28.2 Å². The predicted octanol–water partition coefficient (Wildman–Crippen LogP) is 5.05. The summed E-state index contributed by atoms with van der Waals surface area (Å²) in [6.07, 6.45) is 3.86. The van der Waals surface area contributed by atoms with Crippen LogP contribution in [0.15, 0.2) is 96.0 Å². The van der Waals surface area contributed by atoms with Gasteiger partial charge in [-0.05, 0) is 34.9 Å². The molecule has 4 aromatic rings. The number of benzene rings is 3. The standard InChI is InChI=1S/C27H23N5O2/c1-34-22-15-13-21(14-16-22)24-18-23(20-10-6-3-7-11-20)28-27-30-26(31-32(24)27)29-25(33)17-12-19-8-4-2-5-9-19/h2-17,24H,18H2,1H3,(H,29,31,33)/b17-12+. The second kappa shape index (κ2) is 9.54. The fourth-order valence-corrected chi connectivity index (χ4v) is 3.88. The highest BCUT2D eigenvalue weighted by molar-refractivity contribution is 6.03. The van der Waals surface area contributed by atoms with E-state index in [2.05, 4.69) is 15.4 Å². The van der Waals surface area contributed by atoms with E-state index in [-0.39, 0.29) is 17.9 Å². The van der Waals surface area contributed by atoms with Gasteiger partial charge >= 0.3 is 0 Å². The summed E-state index contributed by atoms with van der Waals surface area (Å²) in [6, 6.07) is 27.4. The molecular formula is C27H23N5O2. The van der Waals surface area contributed by atoms with E-state index in [1.807, 2.05) is 84.9 Å². The summed E-state index contributed by atoms with van der Waals surface area (Å²) >= 11 is 0. The lowest BCUT2D eigenvalue weighted by atomic mass is 9.96. The van der Waals surface area contributed by atoms with Crippen molar-refractivity contribution in [3.8, 4) is 5.75 Å². The number of hydrogen-bond donors (Lipinski definition) is 1. The van der Waals surface area contributed by atoms with E-state index in [1.54, 1.807) is 17.9 Å².